The van der Waals surface area contributed by atoms with Crippen LogP contribution in [0.4, 0.5) is 5.69 Å². The summed E-state index contributed by atoms with van der Waals surface area (Å²) in [7, 11) is 1.79. The van der Waals surface area contributed by atoms with Crippen molar-refractivity contribution in [1.29, 1.82) is 0 Å². The van der Waals surface area contributed by atoms with Gasteiger partial charge in [-0.15, -0.1) is 0 Å². The Morgan fingerprint density at radius 3 is 2.81 bits per heavy atom. The van der Waals surface area contributed by atoms with Crippen LogP contribution in [0.2, 0.25) is 0 Å². The van der Waals surface area contributed by atoms with Crippen LogP contribution in [0.1, 0.15) is 42.2 Å². The molecule has 112 valence electrons. The second-order valence-corrected chi connectivity index (χ2v) is 5.12. The smallest absolute Gasteiger partial charge is 0.258 e. The highest BCUT2D eigenvalue weighted by atomic mass is 16.1. The second kappa shape index (κ2) is 7.04. The fourth-order valence-electron chi connectivity index (χ4n) is 2.19. The minimum Gasteiger partial charge on any atom is -0.322 e. The van der Waals surface area contributed by atoms with Crippen molar-refractivity contribution in [2.45, 2.75) is 26.3 Å². The van der Waals surface area contributed by atoms with Crippen LogP contribution in [0.5, 0.6) is 0 Å². The Bertz CT molecular complexity index is 606. The summed E-state index contributed by atoms with van der Waals surface area (Å²) in [4.78, 5) is 12.2. The Morgan fingerprint density at radius 1 is 1.38 bits per heavy atom. The van der Waals surface area contributed by atoms with Gasteiger partial charge in [0.25, 0.3) is 5.91 Å². The lowest BCUT2D eigenvalue weighted by Crippen LogP contribution is -2.21. The van der Waals surface area contributed by atoms with Crippen molar-refractivity contribution >= 4 is 11.6 Å². The molecule has 0 spiro atoms. The first kappa shape index (κ1) is 15.3. The van der Waals surface area contributed by atoms with Crippen molar-refractivity contribution in [3.63, 3.8) is 0 Å². The summed E-state index contributed by atoms with van der Waals surface area (Å²) < 4.78 is 1.62. The van der Waals surface area contributed by atoms with E-state index in [9.17, 15) is 4.79 Å². The van der Waals surface area contributed by atoms with Gasteiger partial charge in [0.05, 0.1) is 11.8 Å². The molecule has 21 heavy (non-hydrogen) atoms. The van der Waals surface area contributed by atoms with Gasteiger partial charge in [0.1, 0.15) is 0 Å². The van der Waals surface area contributed by atoms with Crippen LogP contribution in [0.25, 0.3) is 0 Å². The molecule has 5 nitrogen and oxygen atoms in total. The van der Waals surface area contributed by atoms with Crippen LogP contribution in [0.15, 0.2) is 36.7 Å². The molecule has 0 saturated carbocycles. The molecule has 2 rings (SSSR count). The summed E-state index contributed by atoms with van der Waals surface area (Å²) in [6, 6.07) is 8.06. The van der Waals surface area contributed by atoms with Gasteiger partial charge >= 0.3 is 0 Å². The third kappa shape index (κ3) is 3.92. The van der Waals surface area contributed by atoms with E-state index < -0.39 is 0 Å². The molecule has 0 aliphatic heterocycles. The fraction of sp³-hybridized carbons (Fsp3) is 0.375. The molecule has 0 aliphatic rings. The Kier molecular flexibility index (Phi) is 5.11. The van der Waals surface area contributed by atoms with E-state index >= 15 is 0 Å². The van der Waals surface area contributed by atoms with Gasteiger partial charge in [0.2, 0.25) is 0 Å². The largest absolute Gasteiger partial charge is 0.322 e. The standard InChI is InChI=1S/C16H22N4O/c1-4-9-17-12(2)14-7-5-6-8-15(14)19-16(21)13-10-18-20(3)11-13/h5-8,10-12,17H,4,9H2,1-3H3,(H,19,21). The molecular weight excluding hydrogens is 264 g/mol. The van der Waals surface area contributed by atoms with E-state index in [1.54, 1.807) is 24.1 Å². The maximum atomic E-state index is 12.2. The number of anilines is 1. The summed E-state index contributed by atoms with van der Waals surface area (Å²) in [5, 5.41) is 10.4. The number of carbonyl (C=O) groups excluding carboxylic acids is 1. The third-order valence-electron chi connectivity index (χ3n) is 3.34. The molecular formula is C16H22N4O. The third-order valence-corrected chi connectivity index (χ3v) is 3.34. The monoisotopic (exact) mass is 286 g/mol. The predicted octanol–water partition coefficient (Wildman–Crippen LogP) is 2.73. The molecule has 5 heteroatoms. The molecule has 0 aliphatic carbocycles. The van der Waals surface area contributed by atoms with Crippen molar-refractivity contribution in [1.82, 2.24) is 15.1 Å². The minimum absolute atomic E-state index is 0.141. The van der Waals surface area contributed by atoms with Gasteiger partial charge in [-0.05, 0) is 31.5 Å². The summed E-state index contributed by atoms with van der Waals surface area (Å²) >= 11 is 0. The van der Waals surface area contributed by atoms with Gasteiger partial charge in [0, 0.05) is 25.0 Å². The zero-order valence-corrected chi connectivity index (χ0v) is 12.8. The zero-order valence-electron chi connectivity index (χ0n) is 12.8. The highest BCUT2D eigenvalue weighted by Crippen LogP contribution is 2.23. The lowest BCUT2D eigenvalue weighted by atomic mass is 10.1. The van der Waals surface area contributed by atoms with Crippen molar-refractivity contribution < 1.29 is 4.79 Å². The number of nitrogens with one attached hydrogen (secondary N) is 2. The molecule has 1 aromatic heterocycles. The Morgan fingerprint density at radius 2 is 2.14 bits per heavy atom. The number of para-hydroxylation sites is 1. The SMILES string of the molecule is CCCNC(C)c1ccccc1NC(=O)c1cnn(C)c1. The van der Waals surface area contributed by atoms with Gasteiger partial charge < -0.3 is 10.6 Å². The Balaban J connectivity index is 2.14. The average molecular weight is 286 g/mol. The van der Waals surface area contributed by atoms with E-state index in [4.69, 9.17) is 0 Å². The van der Waals surface area contributed by atoms with E-state index in [1.165, 1.54) is 0 Å². The number of carbonyl (C=O) groups is 1. The van der Waals surface area contributed by atoms with E-state index in [0.717, 1.165) is 24.2 Å². The maximum absolute atomic E-state index is 12.2. The quantitative estimate of drug-likeness (QED) is 0.858. The fourth-order valence-corrected chi connectivity index (χ4v) is 2.19. The number of hydrogen-bond acceptors (Lipinski definition) is 3. The first-order valence-electron chi connectivity index (χ1n) is 7.24. The first-order valence-corrected chi connectivity index (χ1v) is 7.24. The number of hydrogen-bond donors (Lipinski definition) is 2. The zero-order chi connectivity index (χ0) is 15.2. The van der Waals surface area contributed by atoms with Crippen LogP contribution in [-0.2, 0) is 7.05 Å². The van der Waals surface area contributed by atoms with E-state index in [1.807, 2.05) is 24.3 Å². The van der Waals surface area contributed by atoms with Crippen molar-refractivity contribution in [2.75, 3.05) is 11.9 Å². The summed E-state index contributed by atoms with van der Waals surface area (Å²) in [6.45, 7) is 5.19. The van der Waals surface area contributed by atoms with E-state index in [-0.39, 0.29) is 11.9 Å². The number of rotatable bonds is 6. The Hall–Kier alpha value is -2.14. The van der Waals surface area contributed by atoms with Crippen molar-refractivity contribution in [2.24, 2.45) is 7.05 Å². The average Bonchev–Trinajstić information content (AvgIpc) is 2.92. The first-order chi connectivity index (χ1) is 10.1. The number of aromatic nitrogens is 2. The highest BCUT2D eigenvalue weighted by Gasteiger charge is 2.13. The predicted molar refractivity (Wildman–Crippen MR) is 84.3 cm³/mol. The molecule has 2 N–H and O–H groups in total. The van der Waals surface area contributed by atoms with Crippen LogP contribution >= 0.6 is 0 Å². The number of amides is 1. The number of aryl methyl sites for hydroxylation is 1. The normalized spacial score (nSPS) is 12.1. The highest BCUT2D eigenvalue weighted by molar-refractivity contribution is 6.04. The van der Waals surface area contributed by atoms with Crippen LogP contribution in [0, 0.1) is 0 Å². The van der Waals surface area contributed by atoms with Gasteiger partial charge in [-0.3, -0.25) is 9.48 Å². The maximum Gasteiger partial charge on any atom is 0.258 e. The van der Waals surface area contributed by atoms with E-state index in [2.05, 4.69) is 29.6 Å². The number of nitrogens with zero attached hydrogens (tertiary/aromatic N) is 2. The molecule has 0 radical (unpaired) electrons. The number of benzene rings is 1. The molecule has 0 fully saturated rings. The van der Waals surface area contributed by atoms with Gasteiger partial charge in [0.15, 0.2) is 0 Å². The van der Waals surface area contributed by atoms with Gasteiger partial charge in [-0.25, -0.2) is 0 Å². The molecule has 1 unspecified atom stereocenters. The molecule has 0 bridgehead atoms. The van der Waals surface area contributed by atoms with Gasteiger partial charge in [-0.1, -0.05) is 25.1 Å². The Labute approximate surface area is 125 Å². The summed E-state index contributed by atoms with van der Waals surface area (Å²) in [6.07, 6.45) is 4.35. The molecule has 1 heterocycles. The lowest BCUT2D eigenvalue weighted by molar-refractivity contribution is 0.102. The van der Waals surface area contributed by atoms with Crippen molar-refractivity contribution in [3.05, 3.63) is 47.8 Å². The van der Waals surface area contributed by atoms with Crippen LogP contribution in [0.3, 0.4) is 0 Å². The lowest BCUT2D eigenvalue weighted by Gasteiger charge is -2.18. The topological polar surface area (TPSA) is 58.9 Å². The molecule has 1 amide bonds. The van der Waals surface area contributed by atoms with Gasteiger partial charge in [-0.2, -0.15) is 5.10 Å². The molecule has 0 saturated heterocycles. The summed E-state index contributed by atoms with van der Waals surface area (Å²) in [5.74, 6) is -0.141. The van der Waals surface area contributed by atoms with Crippen LogP contribution in [-0.4, -0.2) is 22.2 Å². The van der Waals surface area contributed by atoms with Crippen LogP contribution < -0.4 is 10.6 Å². The minimum atomic E-state index is -0.141. The molecule has 2 aromatic rings. The second-order valence-electron chi connectivity index (χ2n) is 5.12. The van der Waals surface area contributed by atoms with Crippen molar-refractivity contribution in [3.8, 4) is 0 Å². The summed E-state index contributed by atoms with van der Waals surface area (Å²) in [5.41, 5.74) is 2.48. The molecule has 1 atom stereocenters. The molecule has 1 aromatic carbocycles. The van der Waals surface area contributed by atoms with E-state index in [0.29, 0.717) is 5.56 Å².